The summed E-state index contributed by atoms with van der Waals surface area (Å²) >= 11 is 6.04. The summed E-state index contributed by atoms with van der Waals surface area (Å²) in [5.41, 5.74) is 3.05. The number of carbonyl (C=O) groups excluding carboxylic acids is 2. The summed E-state index contributed by atoms with van der Waals surface area (Å²) in [4.78, 5) is 29.8. The number of halogens is 1. The summed E-state index contributed by atoms with van der Waals surface area (Å²) in [6.45, 7) is 6.02. The zero-order chi connectivity index (χ0) is 31.7. The van der Waals surface area contributed by atoms with Gasteiger partial charge < -0.3 is 10.2 Å². The predicted molar refractivity (Wildman–Crippen MR) is 176 cm³/mol. The van der Waals surface area contributed by atoms with E-state index in [-0.39, 0.29) is 29.7 Å². The summed E-state index contributed by atoms with van der Waals surface area (Å²) in [6.07, 6.45) is 0.262. The van der Waals surface area contributed by atoms with Gasteiger partial charge in [0.05, 0.1) is 10.6 Å². The van der Waals surface area contributed by atoms with Gasteiger partial charge >= 0.3 is 0 Å². The molecule has 1 N–H and O–H groups in total. The Kier molecular flexibility index (Phi) is 11.2. The van der Waals surface area contributed by atoms with E-state index in [2.05, 4.69) is 5.32 Å². The number of nitrogens with one attached hydrogen (secondary N) is 1. The van der Waals surface area contributed by atoms with Crippen LogP contribution in [0.3, 0.4) is 0 Å². The van der Waals surface area contributed by atoms with E-state index in [1.54, 1.807) is 30.3 Å². The Bertz CT molecular complexity index is 1650. The number of hydrogen-bond donors (Lipinski definition) is 1. The molecule has 4 aromatic rings. The van der Waals surface area contributed by atoms with E-state index in [0.29, 0.717) is 17.3 Å². The fourth-order valence-corrected chi connectivity index (χ4v) is 6.38. The first-order chi connectivity index (χ1) is 21.0. The molecule has 0 fully saturated rings. The molecule has 0 saturated carbocycles. The highest BCUT2D eigenvalue weighted by Crippen LogP contribution is 2.26. The minimum absolute atomic E-state index is 0.000649. The molecule has 44 heavy (non-hydrogen) atoms. The Balaban J connectivity index is 1.78. The normalized spacial score (nSPS) is 12.0. The van der Waals surface area contributed by atoms with Crippen LogP contribution in [-0.4, -0.2) is 44.3 Å². The van der Waals surface area contributed by atoms with Gasteiger partial charge in [-0.05, 0) is 60.4 Å². The zero-order valence-corrected chi connectivity index (χ0v) is 26.8. The van der Waals surface area contributed by atoms with Gasteiger partial charge in [0.2, 0.25) is 11.8 Å². The smallest absolute Gasteiger partial charge is 0.264 e. The van der Waals surface area contributed by atoms with Crippen LogP contribution in [0, 0.1) is 12.8 Å². The number of nitrogens with zero attached hydrogens (tertiary/aromatic N) is 2. The molecule has 4 aromatic carbocycles. The van der Waals surface area contributed by atoms with E-state index < -0.39 is 28.5 Å². The summed E-state index contributed by atoms with van der Waals surface area (Å²) in [6, 6.07) is 30.7. The average Bonchev–Trinajstić information content (AvgIpc) is 3.01. The number of para-hydroxylation sites is 1. The van der Waals surface area contributed by atoms with Crippen LogP contribution >= 0.6 is 11.6 Å². The van der Waals surface area contributed by atoms with E-state index in [4.69, 9.17) is 11.6 Å². The van der Waals surface area contributed by atoms with Crippen LogP contribution < -0.4 is 9.62 Å². The van der Waals surface area contributed by atoms with Crippen molar-refractivity contribution in [2.75, 3.05) is 17.4 Å². The maximum atomic E-state index is 14.4. The molecule has 0 saturated heterocycles. The standard InChI is InChI=1S/C35H38ClN3O4S/c1-26(2)23-37-35(41)33(22-28-12-6-4-7-13-28)38(24-29-14-10-11-27(3)21-29)34(40)25-39(31-15-8-5-9-16-31)44(42,43)32-19-17-30(36)18-20-32/h4-21,26,33H,22-25H2,1-3H3,(H,37,41). The minimum atomic E-state index is -4.18. The van der Waals surface area contributed by atoms with E-state index in [1.165, 1.54) is 29.2 Å². The van der Waals surface area contributed by atoms with Crippen molar-refractivity contribution >= 4 is 39.1 Å². The molecule has 0 aromatic heterocycles. The van der Waals surface area contributed by atoms with E-state index in [1.807, 2.05) is 75.4 Å². The molecule has 2 amide bonds. The predicted octanol–water partition coefficient (Wildman–Crippen LogP) is 6.26. The van der Waals surface area contributed by atoms with Crippen molar-refractivity contribution in [1.82, 2.24) is 10.2 Å². The summed E-state index contributed by atoms with van der Waals surface area (Å²) < 4.78 is 29.1. The number of carbonyl (C=O) groups is 2. The minimum Gasteiger partial charge on any atom is -0.354 e. The van der Waals surface area contributed by atoms with Crippen LogP contribution in [0.25, 0.3) is 0 Å². The molecule has 0 aliphatic heterocycles. The molecular weight excluding hydrogens is 594 g/mol. The van der Waals surface area contributed by atoms with Gasteiger partial charge in [-0.25, -0.2) is 8.42 Å². The molecule has 0 radical (unpaired) electrons. The largest absolute Gasteiger partial charge is 0.354 e. The first kappa shape index (κ1) is 32.8. The highest BCUT2D eigenvalue weighted by molar-refractivity contribution is 7.92. The van der Waals surface area contributed by atoms with Crippen LogP contribution in [0.4, 0.5) is 5.69 Å². The number of anilines is 1. The Morgan fingerprint density at radius 2 is 1.43 bits per heavy atom. The fourth-order valence-electron chi connectivity index (χ4n) is 4.84. The maximum absolute atomic E-state index is 14.4. The van der Waals surface area contributed by atoms with Crippen molar-refractivity contribution in [2.24, 2.45) is 5.92 Å². The van der Waals surface area contributed by atoms with Crippen molar-refractivity contribution in [1.29, 1.82) is 0 Å². The number of sulfonamides is 1. The fraction of sp³-hybridized carbons (Fsp3) is 0.257. The van der Waals surface area contributed by atoms with Gasteiger partial charge in [-0.3, -0.25) is 13.9 Å². The molecule has 230 valence electrons. The van der Waals surface area contributed by atoms with Crippen molar-refractivity contribution in [2.45, 2.75) is 44.7 Å². The van der Waals surface area contributed by atoms with Gasteiger partial charge in [-0.1, -0.05) is 104 Å². The second kappa shape index (κ2) is 15.0. The van der Waals surface area contributed by atoms with Gasteiger partial charge in [-0.15, -0.1) is 0 Å². The average molecular weight is 632 g/mol. The highest BCUT2D eigenvalue weighted by Gasteiger charge is 2.34. The highest BCUT2D eigenvalue weighted by atomic mass is 35.5. The quantitative estimate of drug-likeness (QED) is 0.189. The molecule has 1 unspecified atom stereocenters. The lowest BCUT2D eigenvalue weighted by atomic mass is 10.0. The van der Waals surface area contributed by atoms with Crippen LogP contribution in [0.15, 0.2) is 114 Å². The second-order valence-corrected chi connectivity index (χ2v) is 13.5. The van der Waals surface area contributed by atoms with Gasteiger partial charge in [0.15, 0.2) is 0 Å². The lowest BCUT2D eigenvalue weighted by Gasteiger charge is -2.34. The van der Waals surface area contributed by atoms with Crippen LogP contribution in [0.5, 0.6) is 0 Å². The second-order valence-electron chi connectivity index (χ2n) is 11.2. The third-order valence-electron chi connectivity index (χ3n) is 7.12. The van der Waals surface area contributed by atoms with Crippen LogP contribution in [0.1, 0.15) is 30.5 Å². The monoisotopic (exact) mass is 631 g/mol. The molecule has 9 heteroatoms. The Hall–Kier alpha value is -4.14. The molecule has 0 spiro atoms. The third-order valence-corrected chi connectivity index (χ3v) is 9.16. The SMILES string of the molecule is Cc1cccc(CN(C(=O)CN(c2ccccc2)S(=O)(=O)c2ccc(Cl)cc2)C(Cc2ccccc2)C(=O)NCC(C)C)c1. The number of hydrogen-bond acceptors (Lipinski definition) is 4. The van der Waals surface area contributed by atoms with Gasteiger partial charge in [-0.2, -0.15) is 0 Å². The Morgan fingerprint density at radius 3 is 2.05 bits per heavy atom. The van der Waals surface area contributed by atoms with Crippen molar-refractivity contribution < 1.29 is 18.0 Å². The summed E-state index contributed by atoms with van der Waals surface area (Å²) in [5, 5.41) is 3.40. The Labute approximate surface area is 265 Å². The summed E-state index contributed by atoms with van der Waals surface area (Å²) in [5.74, 6) is -0.598. The Morgan fingerprint density at radius 1 is 0.818 bits per heavy atom. The van der Waals surface area contributed by atoms with Crippen molar-refractivity contribution in [3.05, 3.63) is 131 Å². The molecule has 4 rings (SSSR count). The first-order valence-corrected chi connectivity index (χ1v) is 16.4. The number of aryl methyl sites for hydroxylation is 1. The molecule has 1 atom stereocenters. The molecular formula is C35H38ClN3O4S. The first-order valence-electron chi connectivity index (χ1n) is 14.5. The molecule has 0 aliphatic rings. The molecule has 0 bridgehead atoms. The number of amides is 2. The topological polar surface area (TPSA) is 86.8 Å². The van der Waals surface area contributed by atoms with E-state index in [9.17, 15) is 18.0 Å². The third kappa shape index (κ3) is 8.71. The van der Waals surface area contributed by atoms with Crippen molar-refractivity contribution in [3.63, 3.8) is 0 Å². The van der Waals surface area contributed by atoms with E-state index >= 15 is 0 Å². The molecule has 0 heterocycles. The van der Waals surface area contributed by atoms with Gasteiger partial charge in [0, 0.05) is 24.5 Å². The van der Waals surface area contributed by atoms with Crippen molar-refractivity contribution in [3.8, 4) is 0 Å². The lowest BCUT2D eigenvalue weighted by Crippen LogP contribution is -2.53. The number of rotatable bonds is 13. The lowest BCUT2D eigenvalue weighted by molar-refractivity contribution is -0.140. The number of benzene rings is 4. The van der Waals surface area contributed by atoms with E-state index in [0.717, 1.165) is 21.0 Å². The summed E-state index contributed by atoms with van der Waals surface area (Å²) in [7, 11) is -4.18. The van der Waals surface area contributed by atoms with Gasteiger partial charge in [0.1, 0.15) is 12.6 Å². The maximum Gasteiger partial charge on any atom is 0.264 e. The van der Waals surface area contributed by atoms with Crippen LogP contribution in [0.2, 0.25) is 5.02 Å². The zero-order valence-electron chi connectivity index (χ0n) is 25.2. The van der Waals surface area contributed by atoms with Gasteiger partial charge in [0.25, 0.3) is 10.0 Å². The molecule has 0 aliphatic carbocycles. The molecule has 7 nitrogen and oxygen atoms in total. The van der Waals surface area contributed by atoms with Crippen LogP contribution in [-0.2, 0) is 32.6 Å².